The summed E-state index contributed by atoms with van der Waals surface area (Å²) in [5, 5.41) is 63.2. The zero-order valence-electron chi connectivity index (χ0n) is 49.6. The van der Waals surface area contributed by atoms with Gasteiger partial charge in [-0.1, -0.05) is 71.1 Å². The highest BCUT2D eigenvalue weighted by atomic mass is 16.8. The maximum absolute atomic E-state index is 14.7. The Balaban J connectivity index is 1.55. The molecule has 1 amide bonds. The quantitative estimate of drug-likeness (QED) is 0.0908. The lowest BCUT2D eigenvalue weighted by Gasteiger charge is -2.42. The number of ether oxygens (including phenoxy) is 9. The zero-order chi connectivity index (χ0) is 60.6. The Kier molecular flexibility index (Phi) is 26.5. The summed E-state index contributed by atoms with van der Waals surface area (Å²) in [6.07, 6.45) is 2.09. The van der Waals surface area contributed by atoms with E-state index >= 15 is 0 Å². The van der Waals surface area contributed by atoms with E-state index in [9.17, 15) is 59.4 Å². The predicted molar refractivity (Wildman–Crippen MR) is 295 cm³/mol. The number of carbonyl (C=O) groups excluding carboxylic acids is 6. The summed E-state index contributed by atoms with van der Waals surface area (Å²) in [6, 6.07) is -1.25. The molecule has 22 nitrogen and oxygen atoms in total. The Morgan fingerprint density at radius 1 is 0.841 bits per heavy atom. The van der Waals surface area contributed by atoms with Crippen LogP contribution < -0.4 is 0 Å². The van der Waals surface area contributed by atoms with Gasteiger partial charge in [0, 0.05) is 58.5 Å². The number of rotatable bonds is 12. The van der Waals surface area contributed by atoms with Crippen molar-refractivity contribution in [3.63, 3.8) is 0 Å². The Bertz CT molecular complexity index is 2270. The molecule has 4 aliphatic heterocycles. The number of piperidine rings is 1. The van der Waals surface area contributed by atoms with Gasteiger partial charge in [-0.2, -0.15) is 0 Å². The molecule has 1 saturated carbocycles. The van der Waals surface area contributed by atoms with E-state index in [4.69, 9.17) is 42.6 Å². The fourth-order valence-electron chi connectivity index (χ4n) is 12.0. The van der Waals surface area contributed by atoms with Crippen molar-refractivity contribution in [2.75, 3.05) is 54.3 Å². The summed E-state index contributed by atoms with van der Waals surface area (Å²) in [5.74, 6) is -12.3. The number of esters is 1. The Labute approximate surface area is 482 Å². The molecule has 22 heteroatoms. The molecule has 4 fully saturated rings. The van der Waals surface area contributed by atoms with E-state index in [0.717, 1.165) is 10.5 Å². The van der Waals surface area contributed by atoms with Crippen LogP contribution in [0.3, 0.4) is 0 Å². The standard InChI is InChI=1S/C60H93NO21/c1-34-16-12-11-13-17-35(2)47(74-8)30-42-21-19-40(7)60(73,81-42)55(69)56(70)61-23-15-14-18-43(61)57(71)79-48(37(4)28-41-20-22-46(77-25-24-62)49(29-41)75-9)31-44(64)36(3)27-39(6)52(53(76-10)50(66)38(5)26-34)80-58(72)82-59(33-63)54(68)51(67)45(65)32-78-59/h11-13,16-17,27,34,36-38,40-43,45-49,51-54,62-63,65,67-68,73H,14-15,18-26,28-33H2,1-10H3/b13-11+,16-12-,35-17+,39-27+/t34-,36-,37-,38-,40-,41?,42+,43?,45+,46-,47+,48+,49-,51+,52-,53+,54-,59?,60-/m1/s1. The fraction of sp³-hybridized carbons (Fsp3) is 0.767. The number of nitrogens with zero attached hydrogens (tertiary/aromatic N) is 1. The first-order chi connectivity index (χ1) is 38.9. The van der Waals surface area contributed by atoms with Crippen LogP contribution in [-0.4, -0.2) is 204 Å². The summed E-state index contributed by atoms with van der Waals surface area (Å²) in [4.78, 5) is 87.8. The normalized spacial score (nSPS) is 40.0. The van der Waals surface area contributed by atoms with Gasteiger partial charge < -0.3 is 78.2 Å². The summed E-state index contributed by atoms with van der Waals surface area (Å²) < 4.78 is 52.4. The molecule has 1 aliphatic carbocycles. The van der Waals surface area contributed by atoms with Crippen LogP contribution in [0.4, 0.5) is 4.79 Å². The maximum atomic E-state index is 14.7. The lowest BCUT2D eigenvalue weighted by Crippen LogP contribution is -2.64. The number of hydrogen-bond donors (Lipinski definition) is 6. The van der Waals surface area contributed by atoms with Gasteiger partial charge in [0.05, 0.1) is 44.2 Å². The Morgan fingerprint density at radius 3 is 2.24 bits per heavy atom. The molecule has 0 radical (unpaired) electrons. The number of aliphatic hydroxyl groups is 6. The van der Waals surface area contributed by atoms with Crippen LogP contribution >= 0.6 is 0 Å². The number of cyclic esters (lactones) is 1. The summed E-state index contributed by atoms with van der Waals surface area (Å²) in [7, 11) is 4.37. The third-order valence-corrected chi connectivity index (χ3v) is 17.2. The number of aliphatic hydroxyl groups excluding tert-OH is 5. The van der Waals surface area contributed by atoms with Gasteiger partial charge in [0.2, 0.25) is 5.79 Å². The van der Waals surface area contributed by atoms with Crippen molar-refractivity contribution in [3.05, 3.63) is 47.6 Å². The number of methoxy groups -OCH3 is 3. The first-order valence-corrected chi connectivity index (χ1v) is 29.1. The molecule has 0 spiro atoms. The highest BCUT2D eigenvalue weighted by molar-refractivity contribution is 6.39. The minimum atomic E-state index is -2.59. The molecule has 5 rings (SSSR count). The zero-order valence-corrected chi connectivity index (χ0v) is 49.6. The van der Waals surface area contributed by atoms with E-state index in [1.807, 2.05) is 45.1 Å². The Morgan fingerprint density at radius 2 is 1.57 bits per heavy atom. The van der Waals surface area contributed by atoms with Gasteiger partial charge in [-0.25, -0.2) is 9.59 Å². The molecule has 2 bridgehead atoms. The van der Waals surface area contributed by atoms with Gasteiger partial charge in [0.15, 0.2) is 24.1 Å². The fourth-order valence-corrected chi connectivity index (χ4v) is 12.0. The van der Waals surface area contributed by atoms with Crippen LogP contribution in [0.1, 0.15) is 126 Å². The summed E-state index contributed by atoms with van der Waals surface area (Å²) >= 11 is 0. The number of amides is 1. The Hall–Kier alpha value is -4.30. The lowest BCUT2D eigenvalue weighted by molar-refractivity contribution is -0.333. The second kappa shape index (κ2) is 31.7. The number of carbonyl (C=O) groups is 6. The molecule has 0 aromatic rings. The number of fused-ring (bicyclic) bond motifs is 3. The largest absolute Gasteiger partial charge is 0.511 e. The molecule has 4 heterocycles. The van der Waals surface area contributed by atoms with Crippen LogP contribution in [0.25, 0.3) is 0 Å². The first-order valence-electron chi connectivity index (χ1n) is 29.1. The number of allylic oxidation sites excluding steroid dienone is 6. The van der Waals surface area contributed by atoms with E-state index in [2.05, 4.69) is 0 Å². The third-order valence-electron chi connectivity index (χ3n) is 17.2. The second-order valence-corrected chi connectivity index (χ2v) is 23.4. The van der Waals surface area contributed by atoms with Crippen LogP contribution in [0.15, 0.2) is 47.6 Å². The summed E-state index contributed by atoms with van der Waals surface area (Å²) in [5.41, 5.74) is 0.953. The molecule has 19 atom stereocenters. The van der Waals surface area contributed by atoms with Gasteiger partial charge in [-0.05, 0) is 107 Å². The van der Waals surface area contributed by atoms with E-state index < -0.39 is 139 Å². The maximum Gasteiger partial charge on any atom is 0.511 e. The van der Waals surface area contributed by atoms with Crippen molar-refractivity contribution in [1.82, 2.24) is 4.90 Å². The molecular weight excluding hydrogens is 1070 g/mol. The molecule has 3 unspecified atom stereocenters. The van der Waals surface area contributed by atoms with Crippen molar-refractivity contribution in [1.29, 1.82) is 0 Å². The highest BCUT2D eigenvalue weighted by Crippen LogP contribution is 2.39. The van der Waals surface area contributed by atoms with Crippen molar-refractivity contribution >= 4 is 35.4 Å². The number of hydrogen-bond acceptors (Lipinski definition) is 21. The van der Waals surface area contributed by atoms with Crippen molar-refractivity contribution in [3.8, 4) is 0 Å². The summed E-state index contributed by atoms with van der Waals surface area (Å²) in [6.45, 7) is 10.2. The van der Waals surface area contributed by atoms with E-state index in [1.165, 1.54) is 27.2 Å². The van der Waals surface area contributed by atoms with E-state index in [0.29, 0.717) is 57.8 Å². The average molecular weight is 1160 g/mol. The monoisotopic (exact) mass is 1160 g/mol. The van der Waals surface area contributed by atoms with Crippen LogP contribution in [0, 0.1) is 35.5 Å². The molecule has 82 heavy (non-hydrogen) atoms. The van der Waals surface area contributed by atoms with Gasteiger partial charge in [0.1, 0.15) is 36.7 Å². The average Bonchev–Trinajstić information content (AvgIpc) is 2.93. The first kappa shape index (κ1) is 68.5. The predicted octanol–water partition coefficient (Wildman–Crippen LogP) is 4.16. The SMILES string of the molecule is CO[C@H]1C[C@@H]2CC[C@@H](C)[C@@](O)(O2)C(=O)C(=O)N2CCCCC2C(=O)O[C@H]([C@H](C)CC2CC[C@@H](OCCO)[C@H](OC)C2)CC(=O)[C@H](C)/C=C(\C)[C@@H](OC(=O)OC2(CO)OC[C@H](O)[C@H](O)[C@H]2O)[C@@H](OC)C(=O)[C@H](C)C[C@H](C)\C=C/C=C/C=C/1C. The van der Waals surface area contributed by atoms with Crippen LogP contribution in [0.5, 0.6) is 0 Å². The van der Waals surface area contributed by atoms with Crippen molar-refractivity contribution in [2.45, 2.75) is 204 Å². The minimum Gasteiger partial charge on any atom is -0.460 e. The van der Waals surface area contributed by atoms with Gasteiger partial charge >= 0.3 is 12.1 Å². The molecule has 5 aliphatic rings. The molecule has 0 aromatic carbocycles. The molecule has 3 saturated heterocycles. The van der Waals surface area contributed by atoms with Crippen LogP contribution in [0.2, 0.25) is 0 Å². The van der Waals surface area contributed by atoms with Gasteiger partial charge in [0.25, 0.3) is 17.5 Å². The van der Waals surface area contributed by atoms with Gasteiger partial charge in [-0.3, -0.25) is 19.2 Å². The molecule has 6 N–H and O–H groups in total. The molecular formula is C60H93NO21. The van der Waals surface area contributed by atoms with Crippen molar-refractivity contribution in [2.24, 2.45) is 35.5 Å². The topological polar surface area (TPSA) is 310 Å². The second-order valence-electron chi connectivity index (χ2n) is 23.4. The molecule has 0 aromatic heterocycles. The highest BCUT2D eigenvalue weighted by Gasteiger charge is 2.55. The van der Waals surface area contributed by atoms with E-state index in [1.54, 1.807) is 34.0 Å². The van der Waals surface area contributed by atoms with Crippen LogP contribution in [-0.2, 0) is 66.6 Å². The van der Waals surface area contributed by atoms with E-state index in [-0.39, 0.29) is 68.6 Å². The van der Waals surface area contributed by atoms with Gasteiger partial charge in [-0.15, -0.1) is 0 Å². The minimum absolute atomic E-state index is 0.00996. The third kappa shape index (κ3) is 17.4. The van der Waals surface area contributed by atoms with Crippen molar-refractivity contribution < 1.29 is 102 Å². The number of ketones is 3. The number of Topliss-reactive ketones (excluding diaryl/α,β-unsaturated/α-hetero) is 3. The lowest BCUT2D eigenvalue weighted by atomic mass is 9.78. The molecule has 464 valence electrons. The smallest absolute Gasteiger partial charge is 0.460 e.